The van der Waals surface area contributed by atoms with Gasteiger partial charge in [-0.3, -0.25) is 4.79 Å². The molecule has 2 N–H and O–H groups in total. The average Bonchev–Trinajstić information content (AvgIpc) is 2.36. The number of aromatic nitrogens is 1. The second-order valence-electron chi connectivity index (χ2n) is 7.15. The summed E-state index contributed by atoms with van der Waals surface area (Å²) in [6.07, 6.45) is 7.38. The fourth-order valence-electron chi connectivity index (χ4n) is 5.38. The van der Waals surface area contributed by atoms with Gasteiger partial charge in [-0.25, -0.2) is 4.79 Å². The van der Waals surface area contributed by atoms with Gasteiger partial charge in [-0.2, -0.15) is 0 Å². The number of aromatic carboxylic acids is 1. The molecule has 0 saturated heterocycles. The minimum atomic E-state index is -1.05. The summed E-state index contributed by atoms with van der Waals surface area (Å²) in [7, 11) is 0. The first-order chi connectivity index (χ1) is 9.54. The van der Waals surface area contributed by atoms with Crippen LogP contribution in [0.1, 0.15) is 54.7 Å². The van der Waals surface area contributed by atoms with Crippen LogP contribution >= 0.6 is 0 Å². The van der Waals surface area contributed by atoms with Crippen molar-refractivity contribution in [3.8, 4) is 0 Å². The molecule has 4 aliphatic rings. The van der Waals surface area contributed by atoms with E-state index in [-0.39, 0.29) is 16.5 Å². The molecule has 0 aromatic carbocycles. The number of nitrogens with one attached hydrogen (secondary N) is 1. The molecule has 0 unspecified atom stereocenters. The number of aromatic amines is 1. The van der Waals surface area contributed by atoms with Gasteiger partial charge in [0.05, 0.1) is 0 Å². The summed E-state index contributed by atoms with van der Waals surface area (Å²) >= 11 is 0. The zero-order chi connectivity index (χ0) is 13.9. The van der Waals surface area contributed by atoms with E-state index < -0.39 is 5.97 Å². The number of hydrogen-bond acceptors (Lipinski definition) is 2. The van der Waals surface area contributed by atoms with Crippen molar-refractivity contribution in [3.63, 3.8) is 0 Å². The minimum absolute atomic E-state index is 0.0308. The number of pyridine rings is 1. The van der Waals surface area contributed by atoms with Crippen LogP contribution < -0.4 is 5.43 Å². The van der Waals surface area contributed by atoms with E-state index in [0.717, 1.165) is 42.7 Å². The number of hydrogen-bond donors (Lipinski definition) is 2. The molecule has 1 heterocycles. The van der Waals surface area contributed by atoms with Crippen LogP contribution in [0.15, 0.2) is 16.9 Å². The van der Waals surface area contributed by atoms with E-state index in [1.807, 2.05) is 0 Å². The van der Waals surface area contributed by atoms with Crippen LogP contribution in [0.3, 0.4) is 0 Å². The van der Waals surface area contributed by atoms with Gasteiger partial charge in [0, 0.05) is 23.2 Å². The zero-order valence-electron chi connectivity index (χ0n) is 11.4. The monoisotopic (exact) mass is 273 g/mol. The van der Waals surface area contributed by atoms with Gasteiger partial charge < -0.3 is 10.1 Å². The Labute approximate surface area is 117 Å². The Kier molecular flexibility index (Phi) is 2.41. The molecule has 4 saturated carbocycles. The largest absolute Gasteiger partial charge is 0.477 e. The lowest BCUT2D eigenvalue weighted by atomic mass is 9.49. The Hall–Kier alpha value is -1.58. The number of carbonyl (C=O) groups is 1. The molecule has 4 heteroatoms. The molecular formula is C16H19NO3. The van der Waals surface area contributed by atoms with Gasteiger partial charge in [-0.15, -0.1) is 0 Å². The van der Waals surface area contributed by atoms with Crippen molar-refractivity contribution in [2.75, 3.05) is 0 Å². The number of rotatable bonds is 2. The highest BCUT2D eigenvalue weighted by Crippen LogP contribution is 2.60. The van der Waals surface area contributed by atoms with E-state index in [1.165, 1.54) is 25.3 Å². The van der Waals surface area contributed by atoms with Gasteiger partial charge in [-0.1, -0.05) is 0 Å². The van der Waals surface area contributed by atoms with E-state index in [9.17, 15) is 9.59 Å². The van der Waals surface area contributed by atoms with Gasteiger partial charge in [-0.05, 0) is 56.3 Å². The molecular weight excluding hydrogens is 254 g/mol. The summed E-state index contributed by atoms with van der Waals surface area (Å²) < 4.78 is 0. The first-order valence-electron chi connectivity index (χ1n) is 7.52. The first-order valence-corrected chi connectivity index (χ1v) is 7.52. The van der Waals surface area contributed by atoms with Gasteiger partial charge >= 0.3 is 5.97 Å². The molecule has 4 bridgehead atoms. The molecule has 0 spiro atoms. The third-order valence-corrected chi connectivity index (χ3v) is 5.68. The molecule has 20 heavy (non-hydrogen) atoms. The van der Waals surface area contributed by atoms with E-state index in [1.54, 1.807) is 6.07 Å². The lowest BCUT2D eigenvalue weighted by molar-refractivity contribution is -0.00733. The third-order valence-electron chi connectivity index (χ3n) is 5.68. The maximum Gasteiger partial charge on any atom is 0.352 e. The summed E-state index contributed by atoms with van der Waals surface area (Å²) in [6.45, 7) is 0. The van der Waals surface area contributed by atoms with Crippen LogP contribution in [0.4, 0.5) is 0 Å². The molecule has 5 rings (SSSR count). The molecule has 4 aliphatic carbocycles. The first kappa shape index (κ1) is 12.2. The summed E-state index contributed by atoms with van der Waals surface area (Å²) in [5.41, 5.74) is 0.760. The van der Waals surface area contributed by atoms with Gasteiger partial charge in [0.2, 0.25) is 0 Å². The molecule has 1 aromatic rings. The Morgan fingerprint density at radius 3 is 2.15 bits per heavy atom. The van der Waals surface area contributed by atoms with E-state index in [4.69, 9.17) is 5.11 Å². The number of carboxylic acid groups (broad SMARTS) is 1. The normalized spacial score (nSPS) is 38.1. The predicted molar refractivity (Wildman–Crippen MR) is 73.9 cm³/mol. The van der Waals surface area contributed by atoms with Crippen LogP contribution in [0.2, 0.25) is 0 Å². The van der Waals surface area contributed by atoms with Crippen LogP contribution in [0.25, 0.3) is 0 Å². The molecule has 4 fully saturated rings. The Morgan fingerprint density at radius 2 is 1.65 bits per heavy atom. The quantitative estimate of drug-likeness (QED) is 0.870. The van der Waals surface area contributed by atoms with Gasteiger partial charge in [0.15, 0.2) is 5.43 Å². The minimum Gasteiger partial charge on any atom is -0.477 e. The van der Waals surface area contributed by atoms with Crippen molar-refractivity contribution in [1.82, 2.24) is 4.98 Å². The fourth-order valence-corrected chi connectivity index (χ4v) is 5.38. The Bertz CT molecular complexity index is 596. The van der Waals surface area contributed by atoms with Gasteiger partial charge in [0.25, 0.3) is 0 Å². The topological polar surface area (TPSA) is 70.2 Å². The Morgan fingerprint density at radius 1 is 1.10 bits per heavy atom. The van der Waals surface area contributed by atoms with E-state index >= 15 is 0 Å². The molecule has 0 aliphatic heterocycles. The predicted octanol–water partition coefficient (Wildman–Crippen LogP) is 2.54. The Balaban J connectivity index is 1.80. The van der Waals surface area contributed by atoms with Crippen LogP contribution in [-0.2, 0) is 5.41 Å². The van der Waals surface area contributed by atoms with E-state index in [0.29, 0.717) is 0 Å². The van der Waals surface area contributed by atoms with Crippen LogP contribution in [0.5, 0.6) is 0 Å². The number of H-pyrrole nitrogens is 1. The highest BCUT2D eigenvalue weighted by Gasteiger charge is 2.52. The van der Waals surface area contributed by atoms with Crippen molar-refractivity contribution < 1.29 is 9.90 Å². The third kappa shape index (κ3) is 1.74. The highest BCUT2D eigenvalue weighted by molar-refractivity contribution is 5.85. The van der Waals surface area contributed by atoms with Gasteiger partial charge in [0.1, 0.15) is 5.69 Å². The molecule has 0 atom stereocenters. The standard InChI is InChI=1S/C16H19NO3/c18-12-4-13(15(19)20)17-14(5-12)16-6-9-1-10(7-16)3-11(2-9)8-16/h4-5,9-11H,1-3,6-8H2,(H,17,18)(H,19,20). The van der Waals surface area contributed by atoms with Crippen molar-refractivity contribution in [2.24, 2.45) is 17.8 Å². The summed E-state index contributed by atoms with van der Waals surface area (Å²) in [6, 6.07) is 2.83. The summed E-state index contributed by atoms with van der Waals surface area (Å²) in [5, 5.41) is 9.15. The second kappa shape index (κ2) is 3.96. The molecule has 106 valence electrons. The zero-order valence-corrected chi connectivity index (χ0v) is 11.4. The lowest BCUT2D eigenvalue weighted by Crippen LogP contribution is -2.49. The van der Waals surface area contributed by atoms with Crippen LogP contribution in [0, 0.1) is 17.8 Å². The average molecular weight is 273 g/mol. The molecule has 1 aromatic heterocycles. The summed E-state index contributed by atoms with van der Waals surface area (Å²) in [5.74, 6) is 1.28. The maximum atomic E-state index is 11.8. The lowest BCUT2D eigenvalue weighted by Gasteiger charge is -2.56. The van der Waals surface area contributed by atoms with Crippen molar-refractivity contribution in [2.45, 2.75) is 43.9 Å². The molecule has 0 radical (unpaired) electrons. The fraction of sp³-hybridized carbons (Fsp3) is 0.625. The smallest absolute Gasteiger partial charge is 0.352 e. The van der Waals surface area contributed by atoms with E-state index in [2.05, 4.69) is 4.98 Å². The van der Waals surface area contributed by atoms with Crippen molar-refractivity contribution in [1.29, 1.82) is 0 Å². The van der Waals surface area contributed by atoms with Crippen molar-refractivity contribution in [3.05, 3.63) is 33.7 Å². The molecule has 4 nitrogen and oxygen atoms in total. The van der Waals surface area contributed by atoms with Crippen LogP contribution in [-0.4, -0.2) is 16.1 Å². The highest BCUT2D eigenvalue weighted by atomic mass is 16.4. The maximum absolute atomic E-state index is 11.8. The number of carboxylic acids is 1. The van der Waals surface area contributed by atoms with Crippen molar-refractivity contribution >= 4 is 5.97 Å². The SMILES string of the molecule is O=C(O)c1cc(=O)cc(C23CC4CC(CC(C4)C2)C3)[nH]1. The summed E-state index contributed by atoms with van der Waals surface area (Å²) in [4.78, 5) is 26.0. The molecule has 0 amide bonds. The second-order valence-corrected chi connectivity index (χ2v) is 7.15.